The summed E-state index contributed by atoms with van der Waals surface area (Å²) in [5.41, 5.74) is 0.953. The molecule has 1 heterocycles. The van der Waals surface area contributed by atoms with E-state index in [2.05, 4.69) is 15.9 Å². The third-order valence-electron chi connectivity index (χ3n) is 2.75. The number of aryl methyl sites for hydroxylation is 1. The zero-order valence-corrected chi connectivity index (χ0v) is 12.4. The highest BCUT2D eigenvalue weighted by atomic mass is 79.9. The van der Waals surface area contributed by atoms with Crippen LogP contribution in [0.2, 0.25) is 0 Å². The highest BCUT2D eigenvalue weighted by molar-refractivity contribution is 9.10. The third kappa shape index (κ3) is 2.66. The molecule has 0 spiro atoms. The van der Waals surface area contributed by atoms with Gasteiger partial charge in [0.2, 0.25) is 0 Å². The highest BCUT2D eigenvalue weighted by Gasteiger charge is 2.13. The molecule has 19 heavy (non-hydrogen) atoms. The van der Waals surface area contributed by atoms with Gasteiger partial charge < -0.3 is 13.9 Å². The number of methoxy groups -OCH3 is 2. The summed E-state index contributed by atoms with van der Waals surface area (Å²) in [6.45, 7) is 1.71. The van der Waals surface area contributed by atoms with Crippen LogP contribution in [-0.2, 0) is 0 Å². The fourth-order valence-corrected chi connectivity index (χ4v) is 2.19. The second-order valence-electron chi connectivity index (χ2n) is 3.96. The van der Waals surface area contributed by atoms with Crippen LogP contribution in [0.1, 0.15) is 5.56 Å². The number of hydrogen-bond acceptors (Lipinski definition) is 4. The maximum atomic E-state index is 11.6. The average molecular weight is 325 g/mol. The van der Waals surface area contributed by atoms with Gasteiger partial charge >= 0.3 is 5.63 Å². The molecule has 0 N–H and O–H groups in total. The summed E-state index contributed by atoms with van der Waals surface area (Å²) in [4.78, 5) is 11.6. The van der Waals surface area contributed by atoms with Crippen molar-refractivity contribution in [2.45, 2.75) is 6.92 Å². The molecule has 2 aromatic rings. The molecule has 2 rings (SSSR count). The van der Waals surface area contributed by atoms with E-state index in [1.165, 1.54) is 0 Å². The number of benzene rings is 1. The Kier molecular flexibility index (Phi) is 3.95. The smallest absolute Gasteiger partial charge is 0.339 e. The molecule has 0 unspecified atom stereocenters. The van der Waals surface area contributed by atoms with Crippen molar-refractivity contribution in [1.29, 1.82) is 0 Å². The van der Waals surface area contributed by atoms with E-state index < -0.39 is 0 Å². The molecule has 0 atom stereocenters. The molecule has 100 valence electrons. The second kappa shape index (κ2) is 5.48. The summed E-state index contributed by atoms with van der Waals surface area (Å²) in [5.74, 6) is 1.65. The Morgan fingerprint density at radius 3 is 2.32 bits per heavy atom. The maximum Gasteiger partial charge on any atom is 0.339 e. The SMILES string of the molecule is COc1cc(Br)c(-c2ccc(C)c(=O)o2)cc1OC. The van der Waals surface area contributed by atoms with E-state index in [1.54, 1.807) is 45.4 Å². The van der Waals surface area contributed by atoms with Crippen LogP contribution in [0.3, 0.4) is 0 Å². The minimum Gasteiger partial charge on any atom is -0.493 e. The van der Waals surface area contributed by atoms with E-state index in [1.807, 2.05) is 0 Å². The minimum absolute atomic E-state index is 0.348. The molecule has 0 aliphatic carbocycles. The van der Waals surface area contributed by atoms with Crippen molar-refractivity contribution in [3.63, 3.8) is 0 Å². The normalized spacial score (nSPS) is 10.3. The minimum atomic E-state index is -0.348. The molecule has 0 fully saturated rings. The third-order valence-corrected chi connectivity index (χ3v) is 3.40. The van der Waals surface area contributed by atoms with Gasteiger partial charge in [-0.15, -0.1) is 0 Å². The lowest BCUT2D eigenvalue weighted by atomic mass is 10.1. The van der Waals surface area contributed by atoms with Crippen LogP contribution in [0.4, 0.5) is 0 Å². The van der Waals surface area contributed by atoms with Crippen LogP contribution in [0.25, 0.3) is 11.3 Å². The fraction of sp³-hybridized carbons (Fsp3) is 0.214. The predicted octanol–water partition coefficient (Wildman–Crippen LogP) is 3.39. The molecule has 0 radical (unpaired) electrons. The number of halogens is 1. The molecule has 5 heteroatoms. The number of ether oxygens (including phenoxy) is 2. The van der Waals surface area contributed by atoms with Crippen molar-refractivity contribution in [2.24, 2.45) is 0 Å². The van der Waals surface area contributed by atoms with Crippen LogP contribution in [0, 0.1) is 6.92 Å². The van der Waals surface area contributed by atoms with Crippen molar-refractivity contribution < 1.29 is 13.9 Å². The molecule has 0 aliphatic rings. The first kappa shape index (κ1) is 13.7. The second-order valence-corrected chi connectivity index (χ2v) is 4.81. The van der Waals surface area contributed by atoms with Crippen molar-refractivity contribution in [2.75, 3.05) is 14.2 Å². The van der Waals surface area contributed by atoms with Gasteiger partial charge in [0.25, 0.3) is 0 Å². The first-order valence-electron chi connectivity index (χ1n) is 5.59. The predicted molar refractivity (Wildman–Crippen MR) is 76.0 cm³/mol. The number of rotatable bonds is 3. The van der Waals surface area contributed by atoms with E-state index >= 15 is 0 Å². The zero-order chi connectivity index (χ0) is 14.0. The van der Waals surface area contributed by atoms with Crippen molar-refractivity contribution in [1.82, 2.24) is 0 Å². The molecule has 0 aliphatic heterocycles. The Morgan fingerprint density at radius 2 is 1.74 bits per heavy atom. The van der Waals surface area contributed by atoms with Gasteiger partial charge in [-0.3, -0.25) is 0 Å². The lowest BCUT2D eigenvalue weighted by Gasteiger charge is -2.11. The highest BCUT2D eigenvalue weighted by Crippen LogP contribution is 2.38. The zero-order valence-electron chi connectivity index (χ0n) is 10.8. The fourth-order valence-electron chi connectivity index (χ4n) is 1.67. The van der Waals surface area contributed by atoms with E-state index in [9.17, 15) is 4.79 Å². The van der Waals surface area contributed by atoms with Crippen LogP contribution in [-0.4, -0.2) is 14.2 Å². The molecular weight excluding hydrogens is 312 g/mol. The maximum absolute atomic E-state index is 11.6. The molecule has 0 amide bonds. The summed E-state index contributed by atoms with van der Waals surface area (Å²) in [7, 11) is 3.12. The molecule has 0 saturated carbocycles. The van der Waals surface area contributed by atoms with E-state index in [-0.39, 0.29) is 5.63 Å². The molecule has 0 saturated heterocycles. The van der Waals surface area contributed by atoms with Gasteiger partial charge in [0.05, 0.1) is 14.2 Å². The molecule has 1 aromatic carbocycles. The van der Waals surface area contributed by atoms with Crippen molar-refractivity contribution in [3.05, 3.63) is 44.7 Å². The van der Waals surface area contributed by atoms with Crippen molar-refractivity contribution in [3.8, 4) is 22.8 Å². The van der Waals surface area contributed by atoms with Crippen LogP contribution in [0.5, 0.6) is 11.5 Å². The van der Waals surface area contributed by atoms with Crippen molar-refractivity contribution >= 4 is 15.9 Å². The quantitative estimate of drug-likeness (QED) is 0.868. The standard InChI is InChI=1S/C14H13BrO4/c1-8-4-5-11(19-14(8)16)9-6-12(17-2)13(18-3)7-10(9)15/h4-7H,1-3H3. The first-order chi connectivity index (χ1) is 9.06. The average Bonchev–Trinajstić information content (AvgIpc) is 2.41. The molecule has 4 nitrogen and oxygen atoms in total. The summed E-state index contributed by atoms with van der Waals surface area (Å²) in [5, 5.41) is 0. The van der Waals surface area contributed by atoms with E-state index in [0.717, 1.165) is 10.0 Å². The van der Waals surface area contributed by atoms with Crippen LogP contribution < -0.4 is 15.1 Å². The Labute approximate surface area is 119 Å². The van der Waals surface area contributed by atoms with Crippen LogP contribution >= 0.6 is 15.9 Å². The molecular formula is C14H13BrO4. The summed E-state index contributed by atoms with van der Waals surface area (Å²) in [6.07, 6.45) is 0. The van der Waals surface area contributed by atoms with Gasteiger partial charge in [0, 0.05) is 15.6 Å². The monoisotopic (exact) mass is 324 g/mol. The van der Waals surface area contributed by atoms with E-state index in [0.29, 0.717) is 22.8 Å². The number of hydrogen-bond donors (Lipinski definition) is 0. The largest absolute Gasteiger partial charge is 0.493 e. The Morgan fingerprint density at radius 1 is 1.11 bits per heavy atom. The topological polar surface area (TPSA) is 48.7 Å². The van der Waals surface area contributed by atoms with Gasteiger partial charge in [-0.05, 0) is 47.1 Å². The van der Waals surface area contributed by atoms with Gasteiger partial charge in [0.15, 0.2) is 11.5 Å². The summed E-state index contributed by atoms with van der Waals surface area (Å²) >= 11 is 3.43. The Bertz CT molecular complexity index is 661. The molecule has 1 aromatic heterocycles. The van der Waals surface area contributed by atoms with Gasteiger partial charge in [-0.1, -0.05) is 0 Å². The van der Waals surface area contributed by atoms with Gasteiger partial charge in [-0.25, -0.2) is 4.79 Å². The first-order valence-corrected chi connectivity index (χ1v) is 6.38. The Balaban J connectivity index is 2.61. The van der Waals surface area contributed by atoms with E-state index in [4.69, 9.17) is 13.9 Å². The van der Waals surface area contributed by atoms with Gasteiger partial charge in [-0.2, -0.15) is 0 Å². The lowest BCUT2D eigenvalue weighted by molar-refractivity contribution is 0.354. The summed E-state index contributed by atoms with van der Waals surface area (Å²) < 4.78 is 16.5. The Hall–Kier alpha value is -1.75. The van der Waals surface area contributed by atoms with Crippen LogP contribution in [0.15, 0.2) is 37.9 Å². The lowest BCUT2D eigenvalue weighted by Crippen LogP contribution is -2.02. The van der Waals surface area contributed by atoms with Gasteiger partial charge in [0.1, 0.15) is 5.76 Å². The summed E-state index contributed by atoms with van der Waals surface area (Å²) in [6, 6.07) is 7.01. The molecule has 0 bridgehead atoms.